The molecule has 2 aliphatic rings. The second-order valence-electron chi connectivity index (χ2n) is 5.39. The third-order valence-electron chi connectivity index (χ3n) is 3.94. The van der Waals surface area contributed by atoms with Crippen LogP contribution in [0.15, 0.2) is 11.6 Å². The second-order valence-corrected chi connectivity index (χ2v) is 5.39. The Balaban J connectivity index is 1.46. The first-order valence-corrected chi connectivity index (χ1v) is 6.65. The molecule has 0 aromatic heterocycles. The van der Waals surface area contributed by atoms with Crippen LogP contribution in [-0.4, -0.2) is 23.9 Å². The minimum atomic E-state index is -0.0907. The van der Waals surface area contributed by atoms with Crippen LogP contribution in [0.2, 0.25) is 0 Å². The van der Waals surface area contributed by atoms with Crippen molar-refractivity contribution in [1.82, 2.24) is 0 Å². The Kier molecular flexibility index (Phi) is 4.04. The summed E-state index contributed by atoms with van der Waals surface area (Å²) in [5, 5.41) is 9.81. The molecule has 0 bridgehead atoms. The van der Waals surface area contributed by atoms with Crippen LogP contribution in [-0.2, 0) is 4.74 Å². The van der Waals surface area contributed by atoms with E-state index in [0.29, 0.717) is 0 Å². The predicted molar refractivity (Wildman–Crippen MR) is 65.4 cm³/mol. The summed E-state index contributed by atoms with van der Waals surface area (Å²) < 4.78 is 5.46. The van der Waals surface area contributed by atoms with Gasteiger partial charge in [-0.2, -0.15) is 0 Å². The lowest BCUT2D eigenvalue weighted by molar-refractivity contribution is 0.0645. The average Bonchev–Trinajstić information content (AvgIpc) is 3.13. The molecular formula is C14H24O2. The highest BCUT2D eigenvalue weighted by molar-refractivity contribution is 5.21. The number of rotatable bonds is 9. The van der Waals surface area contributed by atoms with E-state index in [2.05, 4.69) is 6.08 Å². The molecule has 0 aromatic carbocycles. The lowest BCUT2D eigenvalue weighted by Crippen LogP contribution is -2.13. The number of aliphatic hydroxyl groups excluding tert-OH is 1. The number of hydrogen-bond donors (Lipinski definition) is 1. The summed E-state index contributed by atoms with van der Waals surface area (Å²) in [6.45, 7) is 0. The smallest absolute Gasteiger partial charge is 0.0681 e. The summed E-state index contributed by atoms with van der Waals surface area (Å²) in [7, 11) is 1.81. The van der Waals surface area contributed by atoms with Crippen molar-refractivity contribution in [1.29, 1.82) is 0 Å². The molecule has 1 saturated carbocycles. The van der Waals surface area contributed by atoms with Crippen LogP contribution in [0.5, 0.6) is 0 Å². The molecule has 2 rings (SSSR count). The first-order chi connectivity index (χ1) is 7.74. The Hall–Kier alpha value is -0.340. The summed E-state index contributed by atoms with van der Waals surface area (Å²) in [5.74, 6) is 0. The SMILES string of the molecule is COC1(CCCC(O)CCCC2=CC2)CC1. The maximum Gasteiger partial charge on any atom is 0.0681 e. The molecule has 1 fully saturated rings. The van der Waals surface area contributed by atoms with Gasteiger partial charge in [-0.25, -0.2) is 0 Å². The van der Waals surface area contributed by atoms with Gasteiger partial charge in [0.2, 0.25) is 0 Å². The van der Waals surface area contributed by atoms with Gasteiger partial charge >= 0.3 is 0 Å². The van der Waals surface area contributed by atoms with Crippen molar-refractivity contribution in [3.05, 3.63) is 11.6 Å². The molecule has 0 amide bonds. The molecule has 2 heteroatoms. The fourth-order valence-corrected chi connectivity index (χ4v) is 2.34. The molecule has 0 saturated heterocycles. The molecular weight excluding hydrogens is 200 g/mol. The van der Waals surface area contributed by atoms with Crippen molar-refractivity contribution < 1.29 is 9.84 Å². The van der Waals surface area contributed by atoms with Crippen molar-refractivity contribution in [2.75, 3.05) is 7.11 Å². The minimum Gasteiger partial charge on any atom is -0.393 e. The van der Waals surface area contributed by atoms with Crippen LogP contribution in [0.1, 0.15) is 57.8 Å². The molecule has 92 valence electrons. The number of hydrogen-bond acceptors (Lipinski definition) is 2. The molecule has 0 heterocycles. The normalized spacial score (nSPS) is 22.8. The van der Waals surface area contributed by atoms with Crippen LogP contribution < -0.4 is 0 Å². The highest BCUT2D eigenvalue weighted by Gasteiger charge is 2.41. The van der Waals surface area contributed by atoms with Gasteiger partial charge in [0.05, 0.1) is 11.7 Å². The lowest BCUT2D eigenvalue weighted by Gasteiger charge is -2.14. The summed E-state index contributed by atoms with van der Waals surface area (Å²) in [6, 6.07) is 0. The fraction of sp³-hybridized carbons (Fsp3) is 0.857. The van der Waals surface area contributed by atoms with Crippen LogP contribution in [0.3, 0.4) is 0 Å². The molecule has 2 aliphatic carbocycles. The maximum absolute atomic E-state index is 9.81. The minimum absolute atomic E-state index is 0.0907. The van der Waals surface area contributed by atoms with Gasteiger partial charge in [-0.15, -0.1) is 0 Å². The van der Waals surface area contributed by atoms with Crippen LogP contribution >= 0.6 is 0 Å². The highest BCUT2D eigenvalue weighted by Crippen LogP contribution is 2.43. The molecule has 2 nitrogen and oxygen atoms in total. The van der Waals surface area contributed by atoms with Gasteiger partial charge in [0.15, 0.2) is 0 Å². The van der Waals surface area contributed by atoms with Gasteiger partial charge < -0.3 is 9.84 Å². The first-order valence-electron chi connectivity index (χ1n) is 6.65. The van der Waals surface area contributed by atoms with E-state index in [0.717, 1.165) is 32.1 Å². The lowest BCUT2D eigenvalue weighted by atomic mass is 10.0. The van der Waals surface area contributed by atoms with Gasteiger partial charge in [0.1, 0.15) is 0 Å². The van der Waals surface area contributed by atoms with Gasteiger partial charge in [0.25, 0.3) is 0 Å². The zero-order valence-electron chi connectivity index (χ0n) is 10.4. The van der Waals surface area contributed by atoms with E-state index in [9.17, 15) is 5.11 Å². The topological polar surface area (TPSA) is 29.5 Å². The Morgan fingerprint density at radius 1 is 1.38 bits per heavy atom. The van der Waals surface area contributed by atoms with E-state index in [1.165, 1.54) is 25.7 Å². The molecule has 0 aliphatic heterocycles. The van der Waals surface area contributed by atoms with Crippen molar-refractivity contribution in [2.45, 2.75) is 69.5 Å². The maximum atomic E-state index is 9.81. The summed E-state index contributed by atoms with van der Waals surface area (Å²) in [5.41, 5.74) is 1.79. The Morgan fingerprint density at radius 2 is 2.06 bits per heavy atom. The summed E-state index contributed by atoms with van der Waals surface area (Å²) in [4.78, 5) is 0. The van der Waals surface area contributed by atoms with E-state index in [4.69, 9.17) is 4.74 Å². The van der Waals surface area contributed by atoms with Crippen molar-refractivity contribution in [3.63, 3.8) is 0 Å². The Bertz CT molecular complexity index is 253. The van der Waals surface area contributed by atoms with Crippen LogP contribution in [0.4, 0.5) is 0 Å². The molecule has 1 N–H and O–H groups in total. The summed E-state index contributed by atoms with van der Waals surface area (Å²) >= 11 is 0. The fourth-order valence-electron chi connectivity index (χ4n) is 2.34. The van der Waals surface area contributed by atoms with E-state index < -0.39 is 0 Å². The number of methoxy groups -OCH3 is 1. The van der Waals surface area contributed by atoms with E-state index >= 15 is 0 Å². The quantitative estimate of drug-likeness (QED) is 0.609. The standard InChI is InChI=1S/C14H24O2/c1-16-14(10-11-14)9-3-6-13(15)5-2-4-12-7-8-12/h7,13,15H,2-6,8-11H2,1H3. The number of ether oxygens (including phenoxy) is 1. The summed E-state index contributed by atoms with van der Waals surface area (Å²) in [6.07, 6.45) is 12.4. The average molecular weight is 224 g/mol. The Morgan fingerprint density at radius 3 is 2.62 bits per heavy atom. The van der Waals surface area contributed by atoms with Gasteiger partial charge in [0, 0.05) is 7.11 Å². The van der Waals surface area contributed by atoms with Crippen LogP contribution in [0, 0.1) is 0 Å². The largest absolute Gasteiger partial charge is 0.393 e. The zero-order valence-corrected chi connectivity index (χ0v) is 10.4. The monoisotopic (exact) mass is 224 g/mol. The van der Waals surface area contributed by atoms with Crippen molar-refractivity contribution in [2.24, 2.45) is 0 Å². The third kappa shape index (κ3) is 3.91. The highest BCUT2D eigenvalue weighted by atomic mass is 16.5. The molecule has 16 heavy (non-hydrogen) atoms. The first kappa shape index (κ1) is 12.1. The molecule has 0 radical (unpaired) electrons. The van der Waals surface area contributed by atoms with Crippen molar-refractivity contribution >= 4 is 0 Å². The van der Waals surface area contributed by atoms with E-state index in [-0.39, 0.29) is 11.7 Å². The zero-order chi connectivity index (χ0) is 11.4. The van der Waals surface area contributed by atoms with Crippen LogP contribution in [0.25, 0.3) is 0 Å². The van der Waals surface area contributed by atoms with E-state index in [1.807, 2.05) is 7.11 Å². The van der Waals surface area contributed by atoms with Crippen molar-refractivity contribution in [3.8, 4) is 0 Å². The predicted octanol–water partition coefficient (Wildman–Crippen LogP) is 3.20. The molecule has 0 aromatic rings. The van der Waals surface area contributed by atoms with Gasteiger partial charge in [-0.1, -0.05) is 11.6 Å². The third-order valence-corrected chi connectivity index (χ3v) is 3.94. The molecule has 1 unspecified atom stereocenters. The number of aliphatic hydroxyl groups is 1. The van der Waals surface area contributed by atoms with Gasteiger partial charge in [-0.05, 0) is 57.8 Å². The Labute approximate surface area is 98.7 Å². The van der Waals surface area contributed by atoms with Gasteiger partial charge in [-0.3, -0.25) is 0 Å². The second kappa shape index (κ2) is 5.33. The molecule has 1 atom stereocenters. The van der Waals surface area contributed by atoms with E-state index in [1.54, 1.807) is 5.57 Å². The number of allylic oxidation sites excluding steroid dienone is 2. The molecule has 0 spiro atoms.